The molecule has 6 fully saturated rings. The van der Waals surface area contributed by atoms with E-state index in [2.05, 4.69) is 0 Å². The largest absolute Gasteiger partial charge is 0.270 e. The maximum atomic E-state index is 11.3. The Hall–Kier alpha value is -0.180. The van der Waals surface area contributed by atoms with Gasteiger partial charge in [0.05, 0.1) is 25.7 Å². The summed E-state index contributed by atoms with van der Waals surface area (Å²) < 4.78 is 55.5. The Morgan fingerprint density at radius 1 is 0.591 bits per heavy atom. The van der Waals surface area contributed by atoms with Crippen molar-refractivity contribution >= 4 is 20.2 Å². The first-order chi connectivity index (χ1) is 10.2. The summed E-state index contributed by atoms with van der Waals surface area (Å²) in [4.78, 5) is 0. The van der Waals surface area contributed by atoms with E-state index in [9.17, 15) is 16.8 Å². The highest BCUT2D eigenvalue weighted by Crippen LogP contribution is 2.93. The van der Waals surface area contributed by atoms with Gasteiger partial charge in [-0.05, 0) is 59.2 Å². The van der Waals surface area contributed by atoms with E-state index in [1.807, 2.05) is 0 Å². The molecule has 6 aliphatic rings. The highest BCUT2D eigenvalue weighted by molar-refractivity contribution is 7.86. The molecule has 0 spiro atoms. The van der Waals surface area contributed by atoms with Crippen LogP contribution in [0.3, 0.4) is 0 Å². The van der Waals surface area contributed by atoms with Gasteiger partial charge in [0.1, 0.15) is 0 Å². The maximum absolute atomic E-state index is 11.3. The quantitative estimate of drug-likeness (QED) is 0.636. The second kappa shape index (κ2) is 3.90. The molecule has 0 heterocycles. The second-order valence-corrected chi connectivity index (χ2v) is 11.2. The maximum Gasteiger partial charge on any atom is 0.264 e. The second-order valence-electron chi connectivity index (χ2n) is 7.92. The summed E-state index contributed by atoms with van der Waals surface area (Å²) in [5.74, 6) is 6.14. The summed E-state index contributed by atoms with van der Waals surface area (Å²) in [6.07, 6.45) is 2.14. The minimum absolute atomic E-state index is 0.126. The number of fused-ring (bicyclic) bond motifs is 1. The Bertz CT molecular complexity index is 659. The van der Waals surface area contributed by atoms with Crippen LogP contribution in [0.1, 0.15) is 0 Å². The molecule has 0 N–H and O–H groups in total. The Morgan fingerprint density at radius 2 is 0.864 bits per heavy atom. The summed E-state index contributed by atoms with van der Waals surface area (Å²) >= 11 is 0. The van der Waals surface area contributed by atoms with Crippen LogP contribution in [-0.2, 0) is 28.6 Å². The van der Waals surface area contributed by atoms with Crippen molar-refractivity contribution in [2.75, 3.05) is 25.7 Å². The Kier molecular flexibility index (Phi) is 2.51. The molecular formula is C14H20O6S2. The lowest BCUT2D eigenvalue weighted by atomic mass is 9.09. The smallest absolute Gasteiger partial charge is 0.264 e. The molecule has 0 aromatic rings. The van der Waals surface area contributed by atoms with Crippen molar-refractivity contribution in [2.45, 2.75) is 0 Å². The molecule has 6 saturated carbocycles. The molecule has 0 saturated heterocycles. The fraction of sp³-hybridized carbons (Fsp3) is 1.00. The van der Waals surface area contributed by atoms with Crippen molar-refractivity contribution in [2.24, 2.45) is 59.2 Å². The zero-order chi connectivity index (χ0) is 15.6. The lowest BCUT2D eigenvalue weighted by Crippen LogP contribution is -2.92. The number of rotatable bonds is 6. The van der Waals surface area contributed by atoms with Gasteiger partial charge in [-0.25, -0.2) is 0 Å². The molecule has 6 rings (SSSR count). The lowest BCUT2D eigenvalue weighted by Gasteiger charge is -2.95. The molecule has 8 heteroatoms. The van der Waals surface area contributed by atoms with Gasteiger partial charge in [-0.3, -0.25) is 8.37 Å². The fourth-order valence-electron chi connectivity index (χ4n) is 7.14. The zero-order valence-corrected chi connectivity index (χ0v) is 14.1. The summed E-state index contributed by atoms with van der Waals surface area (Å²) in [7, 11) is -6.93. The number of hydrogen-bond acceptors (Lipinski definition) is 6. The van der Waals surface area contributed by atoms with Gasteiger partial charge in [-0.15, -0.1) is 0 Å². The van der Waals surface area contributed by atoms with E-state index < -0.39 is 20.2 Å². The van der Waals surface area contributed by atoms with E-state index >= 15 is 0 Å². The van der Waals surface area contributed by atoms with Gasteiger partial charge in [-0.2, -0.15) is 16.8 Å². The molecule has 0 aromatic carbocycles. The van der Waals surface area contributed by atoms with Crippen molar-refractivity contribution in [1.82, 2.24) is 0 Å². The van der Waals surface area contributed by atoms with Crippen LogP contribution in [0.5, 0.6) is 0 Å². The van der Waals surface area contributed by atoms with Crippen LogP contribution >= 0.6 is 0 Å². The molecule has 6 atom stereocenters. The number of hydrogen-bond donors (Lipinski definition) is 0. The Balaban J connectivity index is 1.38. The van der Waals surface area contributed by atoms with Crippen LogP contribution in [0.2, 0.25) is 0 Å². The highest BCUT2D eigenvalue weighted by Gasteiger charge is 2.90. The summed E-state index contributed by atoms with van der Waals surface area (Å²) in [6.45, 7) is 0.364. The molecule has 0 unspecified atom stereocenters. The van der Waals surface area contributed by atoms with Crippen LogP contribution in [0.25, 0.3) is 0 Å². The molecule has 0 aromatic heterocycles. The normalized spacial score (nSPS) is 56.3. The standard InChI is InChI=1S/C14H20O6S2/c1-21(15,16)19-3-5-6(4-20-22(2,17)18)8-11-9-7(5)10-12(8)14(11)13(9)10/h5-14H,3-4H2,1-2H3/t5-,6+,7?,8?,9+,10+,11-,12-,13?,14?. The van der Waals surface area contributed by atoms with Gasteiger partial charge in [0.2, 0.25) is 0 Å². The third-order valence-electron chi connectivity index (χ3n) is 7.38. The molecule has 0 aliphatic heterocycles. The third-order valence-corrected chi connectivity index (χ3v) is 8.51. The average Bonchev–Trinajstić information content (AvgIpc) is 2.33. The van der Waals surface area contributed by atoms with E-state index in [1.165, 1.54) is 0 Å². The summed E-state index contributed by atoms with van der Waals surface area (Å²) in [5, 5.41) is 0. The SMILES string of the molecule is CS(=O)(=O)OC[C@@H]1C2[C@H]3C4C5[C@H]3C([C@H]5[C@H]42)[C@@H]1COS(C)(=O)=O. The Morgan fingerprint density at radius 3 is 1.14 bits per heavy atom. The monoisotopic (exact) mass is 348 g/mol. The van der Waals surface area contributed by atoms with E-state index in [4.69, 9.17) is 8.37 Å². The molecule has 6 aliphatic carbocycles. The minimum atomic E-state index is -3.47. The minimum Gasteiger partial charge on any atom is -0.270 e. The molecule has 124 valence electrons. The molecule has 0 radical (unpaired) electrons. The van der Waals surface area contributed by atoms with Gasteiger partial charge < -0.3 is 0 Å². The van der Waals surface area contributed by atoms with Gasteiger partial charge in [0, 0.05) is 0 Å². The van der Waals surface area contributed by atoms with Crippen LogP contribution in [0.15, 0.2) is 0 Å². The average molecular weight is 348 g/mol. The first-order valence-corrected chi connectivity index (χ1v) is 11.5. The topological polar surface area (TPSA) is 86.7 Å². The predicted molar refractivity (Wildman–Crippen MR) is 76.5 cm³/mol. The van der Waals surface area contributed by atoms with Gasteiger partial charge in [0.25, 0.3) is 20.2 Å². The molecular weight excluding hydrogens is 328 g/mol. The Labute approximate surface area is 130 Å². The van der Waals surface area contributed by atoms with Crippen LogP contribution in [0.4, 0.5) is 0 Å². The summed E-state index contributed by atoms with van der Waals surface area (Å²) in [6, 6.07) is 0. The van der Waals surface area contributed by atoms with Crippen LogP contribution in [-0.4, -0.2) is 42.6 Å². The van der Waals surface area contributed by atoms with Gasteiger partial charge in [0.15, 0.2) is 0 Å². The van der Waals surface area contributed by atoms with Crippen molar-refractivity contribution in [3.05, 3.63) is 0 Å². The highest BCUT2D eigenvalue weighted by atomic mass is 32.2. The molecule has 2 bridgehead atoms. The first kappa shape index (κ1) is 14.2. The van der Waals surface area contributed by atoms with Gasteiger partial charge >= 0.3 is 0 Å². The summed E-state index contributed by atoms with van der Waals surface area (Å²) in [5.41, 5.74) is 0. The zero-order valence-electron chi connectivity index (χ0n) is 12.5. The van der Waals surface area contributed by atoms with Crippen LogP contribution in [0, 0.1) is 59.2 Å². The van der Waals surface area contributed by atoms with E-state index in [-0.39, 0.29) is 25.0 Å². The molecule has 6 nitrogen and oxygen atoms in total. The van der Waals surface area contributed by atoms with Crippen molar-refractivity contribution < 1.29 is 25.2 Å². The molecule has 22 heavy (non-hydrogen) atoms. The van der Waals surface area contributed by atoms with E-state index in [0.29, 0.717) is 11.8 Å². The first-order valence-electron chi connectivity index (χ1n) is 7.88. The predicted octanol–water partition coefficient (Wildman–Crippen LogP) is 0.169. The van der Waals surface area contributed by atoms with E-state index in [0.717, 1.165) is 48.0 Å². The van der Waals surface area contributed by atoms with Crippen LogP contribution < -0.4 is 0 Å². The van der Waals surface area contributed by atoms with Crippen molar-refractivity contribution in [3.63, 3.8) is 0 Å². The molecule has 0 amide bonds. The third kappa shape index (κ3) is 1.53. The van der Waals surface area contributed by atoms with Crippen molar-refractivity contribution in [3.8, 4) is 0 Å². The van der Waals surface area contributed by atoms with Crippen molar-refractivity contribution in [1.29, 1.82) is 0 Å². The van der Waals surface area contributed by atoms with E-state index in [1.54, 1.807) is 0 Å². The lowest BCUT2D eigenvalue weighted by molar-refractivity contribution is -0.487. The fourth-order valence-corrected chi connectivity index (χ4v) is 7.95. The van der Waals surface area contributed by atoms with Gasteiger partial charge in [-0.1, -0.05) is 0 Å².